The third kappa shape index (κ3) is 3.50. The van der Waals surface area contributed by atoms with Crippen LogP contribution in [0.15, 0.2) is 36.7 Å². The van der Waals surface area contributed by atoms with E-state index in [4.69, 9.17) is 5.11 Å². The molecule has 0 aliphatic heterocycles. The maximum absolute atomic E-state index is 12.0. The summed E-state index contributed by atoms with van der Waals surface area (Å²) in [4.78, 5) is 23.2. The Kier molecular flexibility index (Phi) is 3.77. The molecule has 23 heavy (non-hydrogen) atoms. The first-order valence-corrected chi connectivity index (χ1v) is 7.36. The highest BCUT2D eigenvalue weighted by Gasteiger charge is 2.51. The minimum Gasteiger partial charge on any atom is -0.481 e. The van der Waals surface area contributed by atoms with Gasteiger partial charge < -0.3 is 15.7 Å². The first-order chi connectivity index (χ1) is 11.0. The fourth-order valence-corrected chi connectivity index (χ4v) is 2.46. The van der Waals surface area contributed by atoms with Gasteiger partial charge in [-0.3, -0.25) is 14.3 Å². The molecule has 7 nitrogen and oxygen atoms in total. The topological polar surface area (TPSA) is 96.2 Å². The highest BCUT2D eigenvalue weighted by atomic mass is 16.4. The van der Waals surface area contributed by atoms with Crippen molar-refractivity contribution in [2.45, 2.75) is 19.3 Å². The fourth-order valence-electron chi connectivity index (χ4n) is 2.46. The van der Waals surface area contributed by atoms with Crippen LogP contribution in [-0.2, 0) is 16.6 Å². The summed E-state index contributed by atoms with van der Waals surface area (Å²) in [6.07, 6.45) is 4.70. The third-order valence-corrected chi connectivity index (χ3v) is 3.95. The van der Waals surface area contributed by atoms with Crippen molar-refractivity contribution in [1.29, 1.82) is 0 Å². The summed E-state index contributed by atoms with van der Waals surface area (Å²) in [5.74, 6) is -1.16. The Bertz CT molecular complexity index is 749. The van der Waals surface area contributed by atoms with Gasteiger partial charge in [-0.1, -0.05) is 6.07 Å². The average Bonchev–Trinajstić information content (AvgIpc) is 3.15. The van der Waals surface area contributed by atoms with Crippen molar-refractivity contribution < 1.29 is 14.7 Å². The van der Waals surface area contributed by atoms with Crippen LogP contribution in [0.1, 0.15) is 19.3 Å². The standard InChI is InChI=1S/C16H18N4O3/c1-20-10-13(9-17-20)18-11-3-2-4-12(7-11)19-14(21)8-16(5-6-16)15(22)23/h2-4,7,9-10,18H,5-6,8H2,1H3,(H,19,21)(H,22,23). The fraction of sp³-hybridized carbons (Fsp3) is 0.312. The molecule has 0 saturated heterocycles. The number of aryl methyl sites for hydroxylation is 1. The van der Waals surface area contributed by atoms with Gasteiger partial charge in [0.1, 0.15) is 0 Å². The first kappa shape index (κ1) is 15.1. The number of nitrogens with zero attached hydrogens (tertiary/aromatic N) is 2. The Balaban J connectivity index is 1.63. The van der Waals surface area contributed by atoms with E-state index in [-0.39, 0.29) is 12.3 Å². The molecule has 0 radical (unpaired) electrons. The molecule has 1 amide bonds. The van der Waals surface area contributed by atoms with Crippen LogP contribution in [0.3, 0.4) is 0 Å². The summed E-state index contributed by atoms with van der Waals surface area (Å²) in [5.41, 5.74) is 1.44. The van der Waals surface area contributed by atoms with Gasteiger partial charge in [0.25, 0.3) is 0 Å². The lowest BCUT2D eigenvalue weighted by Gasteiger charge is -2.11. The van der Waals surface area contributed by atoms with Crippen molar-refractivity contribution in [3.63, 3.8) is 0 Å². The van der Waals surface area contributed by atoms with Crippen LogP contribution in [0.5, 0.6) is 0 Å². The number of carbonyl (C=O) groups is 2. The number of rotatable bonds is 6. The highest BCUT2D eigenvalue weighted by molar-refractivity contribution is 5.95. The Morgan fingerprint density at radius 3 is 2.65 bits per heavy atom. The molecule has 2 aromatic rings. The van der Waals surface area contributed by atoms with Crippen molar-refractivity contribution in [3.8, 4) is 0 Å². The minimum atomic E-state index is -0.889. The summed E-state index contributed by atoms with van der Waals surface area (Å²) in [6, 6.07) is 7.26. The molecule has 3 rings (SSSR count). The Morgan fingerprint density at radius 2 is 2.04 bits per heavy atom. The van der Waals surface area contributed by atoms with Gasteiger partial charge in [-0.05, 0) is 31.0 Å². The zero-order valence-corrected chi connectivity index (χ0v) is 12.7. The van der Waals surface area contributed by atoms with Gasteiger partial charge in [0.2, 0.25) is 5.91 Å². The predicted octanol–water partition coefficient (Wildman–Crippen LogP) is 2.36. The van der Waals surface area contributed by atoms with E-state index in [1.54, 1.807) is 23.0 Å². The number of nitrogens with one attached hydrogen (secondary N) is 2. The van der Waals surface area contributed by atoms with Gasteiger partial charge >= 0.3 is 5.97 Å². The van der Waals surface area contributed by atoms with Gasteiger partial charge in [-0.25, -0.2) is 0 Å². The van der Waals surface area contributed by atoms with Crippen LogP contribution in [0.4, 0.5) is 17.1 Å². The van der Waals surface area contributed by atoms with Crippen LogP contribution >= 0.6 is 0 Å². The lowest BCUT2D eigenvalue weighted by atomic mass is 10.0. The van der Waals surface area contributed by atoms with Crippen molar-refractivity contribution in [3.05, 3.63) is 36.7 Å². The van der Waals surface area contributed by atoms with E-state index in [0.29, 0.717) is 18.5 Å². The molecule has 3 N–H and O–H groups in total. The van der Waals surface area contributed by atoms with Gasteiger partial charge in [-0.2, -0.15) is 5.10 Å². The molecule has 1 aliphatic carbocycles. The van der Waals surface area contributed by atoms with Crippen LogP contribution in [-0.4, -0.2) is 26.8 Å². The highest BCUT2D eigenvalue weighted by Crippen LogP contribution is 2.49. The molecule has 1 aromatic carbocycles. The molecule has 0 spiro atoms. The van der Waals surface area contributed by atoms with Crippen LogP contribution < -0.4 is 10.6 Å². The summed E-state index contributed by atoms with van der Waals surface area (Å²) < 4.78 is 1.69. The van der Waals surface area contributed by atoms with E-state index in [1.807, 2.05) is 25.4 Å². The lowest BCUT2D eigenvalue weighted by molar-refractivity contribution is -0.145. The van der Waals surface area contributed by atoms with E-state index < -0.39 is 11.4 Å². The number of carboxylic acid groups (broad SMARTS) is 1. The normalized spacial score (nSPS) is 15.0. The second-order valence-corrected chi connectivity index (χ2v) is 5.92. The lowest BCUT2D eigenvalue weighted by Crippen LogP contribution is -2.23. The van der Waals surface area contributed by atoms with E-state index in [2.05, 4.69) is 15.7 Å². The van der Waals surface area contributed by atoms with Crippen molar-refractivity contribution in [1.82, 2.24) is 9.78 Å². The Morgan fingerprint density at radius 1 is 1.30 bits per heavy atom. The van der Waals surface area contributed by atoms with Crippen LogP contribution in [0, 0.1) is 5.41 Å². The predicted molar refractivity (Wildman–Crippen MR) is 85.5 cm³/mol. The van der Waals surface area contributed by atoms with E-state index in [0.717, 1.165) is 11.4 Å². The van der Waals surface area contributed by atoms with Gasteiger partial charge in [0, 0.05) is 31.0 Å². The zero-order chi connectivity index (χ0) is 16.4. The van der Waals surface area contributed by atoms with Crippen LogP contribution in [0.25, 0.3) is 0 Å². The third-order valence-electron chi connectivity index (χ3n) is 3.95. The van der Waals surface area contributed by atoms with E-state index in [9.17, 15) is 9.59 Å². The molecule has 0 atom stereocenters. The molecular formula is C16H18N4O3. The van der Waals surface area contributed by atoms with Crippen molar-refractivity contribution in [2.75, 3.05) is 10.6 Å². The summed E-state index contributed by atoms with van der Waals surface area (Å²) in [7, 11) is 1.83. The largest absolute Gasteiger partial charge is 0.481 e. The van der Waals surface area contributed by atoms with Gasteiger partial charge in [0.05, 0.1) is 17.3 Å². The molecule has 1 aliphatic rings. The summed E-state index contributed by atoms with van der Waals surface area (Å²) in [5, 5.41) is 19.2. The SMILES string of the molecule is Cn1cc(Nc2cccc(NC(=O)CC3(C(=O)O)CC3)c2)cn1. The van der Waals surface area contributed by atoms with Gasteiger partial charge in [0.15, 0.2) is 0 Å². The Hall–Kier alpha value is -2.83. The van der Waals surface area contributed by atoms with E-state index in [1.165, 1.54) is 0 Å². The molecule has 1 saturated carbocycles. The minimum absolute atomic E-state index is 0.0165. The molecule has 1 fully saturated rings. The molecule has 0 bridgehead atoms. The quantitative estimate of drug-likeness (QED) is 0.760. The number of anilines is 3. The number of aliphatic carboxylic acids is 1. The summed E-state index contributed by atoms with van der Waals surface area (Å²) in [6.45, 7) is 0. The Labute approximate surface area is 133 Å². The molecule has 0 unspecified atom stereocenters. The van der Waals surface area contributed by atoms with Crippen molar-refractivity contribution >= 4 is 28.9 Å². The number of carbonyl (C=O) groups excluding carboxylic acids is 1. The number of aromatic nitrogens is 2. The van der Waals surface area contributed by atoms with Gasteiger partial charge in [-0.15, -0.1) is 0 Å². The molecule has 7 heteroatoms. The maximum Gasteiger partial charge on any atom is 0.310 e. The maximum atomic E-state index is 12.0. The summed E-state index contributed by atoms with van der Waals surface area (Å²) >= 11 is 0. The smallest absolute Gasteiger partial charge is 0.310 e. The number of amides is 1. The molecular weight excluding hydrogens is 296 g/mol. The second kappa shape index (κ2) is 5.75. The number of benzene rings is 1. The molecule has 120 valence electrons. The molecule has 1 heterocycles. The monoisotopic (exact) mass is 314 g/mol. The number of carboxylic acids is 1. The van der Waals surface area contributed by atoms with Crippen LogP contribution in [0.2, 0.25) is 0 Å². The molecule has 1 aromatic heterocycles. The second-order valence-electron chi connectivity index (χ2n) is 5.92. The first-order valence-electron chi connectivity index (χ1n) is 7.36. The number of hydrogen-bond acceptors (Lipinski definition) is 4. The van der Waals surface area contributed by atoms with Crippen molar-refractivity contribution in [2.24, 2.45) is 12.5 Å². The zero-order valence-electron chi connectivity index (χ0n) is 12.7. The number of hydrogen-bond donors (Lipinski definition) is 3. The van der Waals surface area contributed by atoms with E-state index >= 15 is 0 Å². The average molecular weight is 314 g/mol.